The Morgan fingerprint density at radius 1 is 1.24 bits per heavy atom. The molecule has 0 bridgehead atoms. The lowest BCUT2D eigenvalue weighted by Gasteiger charge is -2.10. The van der Waals surface area contributed by atoms with Crippen molar-refractivity contribution < 1.29 is 4.74 Å². The van der Waals surface area contributed by atoms with Crippen LogP contribution >= 0.6 is 15.9 Å². The number of hydrogen-bond donors (Lipinski definition) is 1. The first kappa shape index (κ1) is 14.1. The minimum atomic E-state index is 0.626. The van der Waals surface area contributed by atoms with Crippen molar-refractivity contribution in [2.75, 3.05) is 19.5 Å². The maximum atomic E-state index is 6.14. The Labute approximate surface area is 131 Å². The molecule has 3 aromatic rings. The molecular weight excluding hydrogens is 330 g/mol. The SMILES string of the molecule is COCCn1c(-c2cc(Br)ccc2N)nc2ccccc21. The maximum absolute atomic E-state index is 6.14. The molecule has 21 heavy (non-hydrogen) atoms. The summed E-state index contributed by atoms with van der Waals surface area (Å²) in [5.74, 6) is 0.868. The first-order valence-corrected chi connectivity index (χ1v) is 7.49. The molecule has 0 radical (unpaired) electrons. The molecule has 4 nitrogen and oxygen atoms in total. The van der Waals surface area contributed by atoms with Gasteiger partial charge in [0.1, 0.15) is 5.82 Å². The van der Waals surface area contributed by atoms with Crippen molar-refractivity contribution in [3.8, 4) is 11.4 Å². The van der Waals surface area contributed by atoms with Gasteiger partial charge in [-0.25, -0.2) is 4.98 Å². The number of aromatic nitrogens is 2. The van der Waals surface area contributed by atoms with E-state index < -0.39 is 0 Å². The number of hydrogen-bond acceptors (Lipinski definition) is 3. The number of nitrogen functional groups attached to an aromatic ring is 1. The van der Waals surface area contributed by atoms with Crippen LogP contribution in [0.25, 0.3) is 22.4 Å². The molecule has 0 unspecified atom stereocenters. The summed E-state index contributed by atoms with van der Waals surface area (Å²) < 4.78 is 8.35. The Kier molecular flexibility index (Phi) is 3.94. The second kappa shape index (κ2) is 5.87. The van der Waals surface area contributed by atoms with E-state index in [2.05, 4.69) is 26.6 Å². The molecule has 0 fully saturated rings. The summed E-state index contributed by atoms with van der Waals surface area (Å²) in [4.78, 5) is 4.74. The average Bonchev–Trinajstić information content (AvgIpc) is 2.86. The third-order valence-electron chi connectivity index (χ3n) is 3.43. The van der Waals surface area contributed by atoms with E-state index >= 15 is 0 Å². The largest absolute Gasteiger partial charge is 0.398 e. The van der Waals surface area contributed by atoms with E-state index in [0.29, 0.717) is 12.3 Å². The van der Waals surface area contributed by atoms with Crippen LogP contribution in [-0.2, 0) is 11.3 Å². The van der Waals surface area contributed by atoms with Gasteiger partial charge in [0.15, 0.2) is 0 Å². The fourth-order valence-electron chi connectivity index (χ4n) is 2.41. The van der Waals surface area contributed by atoms with E-state index in [-0.39, 0.29) is 0 Å². The predicted molar refractivity (Wildman–Crippen MR) is 89.2 cm³/mol. The molecule has 0 aliphatic carbocycles. The maximum Gasteiger partial charge on any atom is 0.143 e. The molecule has 0 saturated heterocycles. The second-order valence-corrected chi connectivity index (χ2v) is 5.72. The summed E-state index contributed by atoms with van der Waals surface area (Å²) in [7, 11) is 1.70. The molecule has 0 atom stereocenters. The van der Waals surface area contributed by atoms with E-state index in [1.54, 1.807) is 7.11 Å². The highest BCUT2D eigenvalue weighted by atomic mass is 79.9. The molecule has 0 spiro atoms. The van der Waals surface area contributed by atoms with E-state index in [1.165, 1.54) is 0 Å². The van der Waals surface area contributed by atoms with Crippen molar-refractivity contribution in [3.63, 3.8) is 0 Å². The normalized spacial score (nSPS) is 11.1. The number of nitrogens with zero attached hydrogens (tertiary/aromatic N) is 2. The van der Waals surface area contributed by atoms with Crippen molar-refractivity contribution in [2.45, 2.75) is 6.54 Å². The van der Waals surface area contributed by atoms with Gasteiger partial charge in [-0.1, -0.05) is 28.1 Å². The lowest BCUT2D eigenvalue weighted by molar-refractivity contribution is 0.188. The third-order valence-corrected chi connectivity index (χ3v) is 3.92. The highest BCUT2D eigenvalue weighted by molar-refractivity contribution is 9.10. The molecular formula is C16H16BrN3O. The van der Waals surface area contributed by atoms with Gasteiger partial charge in [-0.15, -0.1) is 0 Å². The number of nitrogens with two attached hydrogens (primary N) is 1. The number of imidazole rings is 1. The molecule has 0 aliphatic rings. The van der Waals surface area contributed by atoms with Gasteiger partial charge in [-0.3, -0.25) is 0 Å². The minimum absolute atomic E-state index is 0.626. The van der Waals surface area contributed by atoms with Crippen LogP contribution < -0.4 is 5.73 Å². The number of methoxy groups -OCH3 is 1. The second-order valence-electron chi connectivity index (χ2n) is 4.80. The first-order valence-electron chi connectivity index (χ1n) is 6.70. The smallest absolute Gasteiger partial charge is 0.143 e. The summed E-state index contributed by atoms with van der Waals surface area (Å²) in [5.41, 5.74) is 9.83. The fraction of sp³-hybridized carbons (Fsp3) is 0.188. The Balaban J connectivity index is 2.23. The number of benzene rings is 2. The molecule has 5 heteroatoms. The van der Waals surface area contributed by atoms with Crippen molar-refractivity contribution in [3.05, 3.63) is 46.9 Å². The number of rotatable bonds is 4. The van der Waals surface area contributed by atoms with Crippen LogP contribution in [0.4, 0.5) is 5.69 Å². The molecule has 2 N–H and O–H groups in total. The quantitative estimate of drug-likeness (QED) is 0.733. The number of halogens is 1. The van der Waals surface area contributed by atoms with Gasteiger partial charge in [0.05, 0.1) is 17.6 Å². The predicted octanol–water partition coefficient (Wildman–Crippen LogP) is 3.69. The van der Waals surface area contributed by atoms with Crippen molar-refractivity contribution in [2.24, 2.45) is 0 Å². The molecule has 108 valence electrons. The highest BCUT2D eigenvalue weighted by Crippen LogP contribution is 2.31. The van der Waals surface area contributed by atoms with Gasteiger partial charge in [0.2, 0.25) is 0 Å². The lowest BCUT2D eigenvalue weighted by atomic mass is 10.1. The van der Waals surface area contributed by atoms with Crippen LogP contribution in [0.2, 0.25) is 0 Å². The average molecular weight is 346 g/mol. The number of anilines is 1. The molecule has 0 aliphatic heterocycles. The first-order chi connectivity index (χ1) is 10.2. The summed E-state index contributed by atoms with van der Waals surface area (Å²) in [5, 5.41) is 0. The summed E-state index contributed by atoms with van der Waals surface area (Å²) in [6, 6.07) is 13.9. The molecule has 0 amide bonds. The van der Waals surface area contributed by atoms with Crippen LogP contribution in [0.1, 0.15) is 0 Å². The number of ether oxygens (including phenoxy) is 1. The molecule has 1 aromatic heterocycles. The molecule has 3 rings (SSSR count). The van der Waals surface area contributed by atoms with Gasteiger partial charge < -0.3 is 15.0 Å². The monoisotopic (exact) mass is 345 g/mol. The highest BCUT2D eigenvalue weighted by Gasteiger charge is 2.14. The van der Waals surface area contributed by atoms with Gasteiger partial charge in [0, 0.05) is 29.4 Å². The van der Waals surface area contributed by atoms with Crippen LogP contribution in [0.5, 0.6) is 0 Å². The fourth-order valence-corrected chi connectivity index (χ4v) is 2.77. The molecule has 0 saturated carbocycles. The van der Waals surface area contributed by atoms with E-state index in [1.807, 2.05) is 36.4 Å². The Morgan fingerprint density at radius 3 is 2.86 bits per heavy atom. The third kappa shape index (κ3) is 2.66. The Morgan fingerprint density at radius 2 is 2.05 bits per heavy atom. The van der Waals surface area contributed by atoms with E-state index in [0.717, 1.165) is 33.4 Å². The minimum Gasteiger partial charge on any atom is -0.398 e. The molecule has 1 heterocycles. The number of fused-ring (bicyclic) bond motifs is 1. The van der Waals surface area contributed by atoms with Crippen LogP contribution in [0.3, 0.4) is 0 Å². The standard InChI is InChI=1S/C16H16BrN3O/c1-21-9-8-20-15-5-3-2-4-14(15)19-16(20)12-10-11(17)6-7-13(12)18/h2-7,10H,8-9,18H2,1H3. The lowest BCUT2D eigenvalue weighted by Crippen LogP contribution is -2.06. The zero-order valence-corrected chi connectivity index (χ0v) is 13.3. The molecule has 2 aromatic carbocycles. The van der Waals surface area contributed by atoms with E-state index in [4.69, 9.17) is 15.5 Å². The van der Waals surface area contributed by atoms with Gasteiger partial charge in [0.25, 0.3) is 0 Å². The van der Waals surface area contributed by atoms with E-state index in [9.17, 15) is 0 Å². The Bertz CT molecular complexity index is 782. The van der Waals surface area contributed by atoms with Gasteiger partial charge >= 0.3 is 0 Å². The zero-order chi connectivity index (χ0) is 14.8. The topological polar surface area (TPSA) is 53.1 Å². The zero-order valence-electron chi connectivity index (χ0n) is 11.7. The Hall–Kier alpha value is -1.85. The number of para-hydroxylation sites is 2. The van der Waals surface area contributed by atoms with Crippen LogP contribution in [0.15, 0.2) is 46.9 Å². The van der Waals surface area contributed by atoms with Crippen molar-refractivity contribution in [1.29, 1.82) is 0 Å². The van der Waals surface area contributed by atoms with Gasteiger partial charge in [-0.2, -0.15) is 0 Å². The van der Waals surface area contributed by atoms with Crippen molar-refractivity contribution >= 4 is 32.7 Å². The summed E-state index contributed by atoms with van der Waals surface area (Å²) in [6.07, 6.45) is 0. The van der Waals surface area contributed by atoms with Crippen molar-refractivity contribution in [1.82, 2.24) is 9.55 Å². The van der Waals surface area contributed by atoms with Gasteiger partial charge in [-0.05, 0) is 30.3 Å². The van der Waals surface area contributed by atoms with Crippen LogP contribution in [-0.4, -0.2) is 23.3 Å². The summed E-state index contributed by atoms with van der Waals surface area (Å²) in [6.45, 7) is 1.36. The van der Waals surface area contributed by atoms with Crippen LogP contribution in [0, 0.1) is 0 Å². The summed E-state index contributed by atoms with van der Waals surface area (Å²) >= 11 is 3.50.